The first-order chi connectivity index (χ1) is 5.34. The molecule has 11 heavy (non-hydrogen) atoms. The minimum Gasteiger partial charge on any atom is -0.388 e. The van der Waals surface area contributed by atoms with Gasteiger partial charge in [0.25, 0.3) is 0 Å². The van der Waals surface area contributed by atoms with Gasteiger partial charge in [-0.15, -0.1) is 0 Å². The molecule has 1 nitrogen and oxygen atoms in total. The SMILES string of the molecule is CCC[C@@H](O)c1cc[c]cc1. The van der Waals surface area contributed by atoms with Gasteiger partial charge in [0.2, 0.25) is 0 Å². The van der Waals surface area contributed by atoms with E-state index in [9.17, 15) is 5.11 Å². The zero-order valence-electron chi connectivity index (χ0n) is 6.75. The predicted molar refractivity (Wildman–Crippen MR) is 45.1 cm³/mol. The van der Waals surface area contributed by atoms with Gasteiger partial charge in [0.05, 0.1) is 6.10 Å². The third kappa shape index (κ3) is 2.35. The Morgan fingerprint density at radius 1 is 1.45 bits per heavy atom. The summed E-state index contributed by atoms with van der Waals surface area (Å²) in [6.07, 6.45) is 1.55. The van der Waals surface area contributed by atoms with Gasteiger partial charge in [0.1, 0.15) is 0 Å². The molecule has 0 amide bonds. The van der Waals surface area contributed by atoms with Gasteiger partial charge in [-0.25, -0.2) is 0 Å². The van der Waals surface area contributed by atoms with Gasteiger partial charge in [-0.2, -0.15) is 0 Å². The van der Waals surface area contributed by atoms with Crippen LogP contribution >= 0.6 is 0 Å². The summed E-state index contributed by atoms with van der Waals surface area (Å²) in [4.78, 5) is 0. The monoisotopic (exact) mass is 149 g/mol. The highest BCUT2D eigenvalue weighted by molar-refractivity contribution is 5.16. The van der Waals surface area contributed by atoms with Crippen molar-refractivity contribution in [3.8, 4) is 0 Å². The molecule has 0 heterocycles. The van der Waals surface area contributed by atoms with E-state index in [0.29, 0.717) is 0 Å². The average Bonchev–Trinajstić information content (AvgIpc) is 2.07. The number of benzene rings is 1. The second kappa shape index (κ2) is 4.14. The molecule has 0 spiro atoms. The number of hydrogen-bond acceptors (Lipinski definition) is 1. The summed E-state index contributed by atoms with van der Waals surface area (Å²) in [5, 5.41) is 9.51. The molecule has 0 fully saturated rings. The number of aliphatic hydroxyl groups is 1. The maximum Gasteiger partial charge on any atom is 0.0790 e. The normalized spacial score (nSPS) is 12.9. The van der Waals surface area contributed by atoms with Crippen molar-refractivity contribution >= 4 is 0 Å². The largest absolute Gasteiger partial charge is 0.388 e. The van der Waals surface area contributed by atoms with E-state index in [2.05, 4.69) is 13.0 Å². The Kier molecular flexibility index (Phi) is 3.12. The van der Waals surface area contributed by atoms with Gasteiger partial charge in [0, 0.05) is 0 Å². The number of aliphatic hydroxyl groups excluding tert-OH is 1. The number of hydrogen-bond donors (Lipinski definition) is 1. The van der Waals surface area contributed by atoms with E-state index in [-0.39, 0.29) is 6.10 Å². The molecule has 1 aromatic carbocycles. The molecule has 1 rings (SSSR count). The average molecular weight is 149 g/mol. The molecule has 1 atom stereocenters. The predicted octanol–water partition coefficient (Wildman–Crippen LogP) is 2.32. The van der Waals surface area contributed by atoms with Crippen molar-refractivity contribution in [1.82, 2.24) is 0 Å². The lowest BCUT2D eigenvalue weighted by Gasteiger charge is -2.07. The summed E-state index contributed by atoms with van der Waals surface area (Å²) < 4.78 is 0. The quantitative estimate of drug-likeness (QED) is 0.699. The molecule has 59 valence electrons. The van der Waals surface area contributed by atoms with Crippen molar-refractivity contribution in [2.24, 2.45) is 0 Å². The lowest BCUT2D eigenvalue weighted by molar-refractivity contribution is 0.166. The Morgan fingerprint density at radius 3 is 2.64 bits per heavy atom. The molecule has 0 bridgehead atoms. The van der Waals surface area contributed by atoms with E-state index in [4.69, 9.17) is 0 Å². The van der Waals surface area contributed by atoms with Gasteiger partial charge in [-0.05, 0) is 18.1 Å². The molecule has 1 heteroatoms. The lowest BCUT2D eigenvalue weighted by Crippen LogP contribution is -1.95. The van der Waals surface area contributed by atoms with Crippen LogP contribution in [0.3, 0.4) is 0 Å². The Hall–Kier alpha value is -0.820. The van der Waals surface area contributed by atoms with Gasteiger partial charge >= 0.3 is 0 Å². The maximum absolute atomic E-state index is 9.51. The standard InChI is InChI=1S/C10H13O/c1-2-6-10(11)9-7-4-3-5-8-9/h4-5,7-8,10-11H,2,6H2,1H3/t10-/m1/s1. The summed E-state index contributed by atoms with van der Waals surface area (Å²) in [5.41, 5.74) is 0.991. The molecule has 0 aliphatic heterocycles. The Labute approximate surface area is 67.7 Å². The van der Waals surface area contributed by atoms with E-state index in [1.54, 1.807) is 0 Å². The van der Waals surface area contributed by atoms with Crippen LogP contribution in [0.1, 0.15) is 31.4 Å². The van der Waals surface area contributed by atoms with Gasteiger partial charge in [-0.3, -0.25) is 0 Å². The smallest absolute Gasteiger partial charge is 0.0790 e. The van der Waals surface area contributed by atoms with E-state index < -0.39 is 0 Å². The van der Waals surface area contributed by atoms with E-state index in [1.807, 2.05) is 24.3 Å². The molecule has 0 saturated heterocycles. The van der Waals surface area contributed by atoms with Gasteiger partial charge in [0.15, 0.2) is 0 Å². The fourth-order valence-corrected chi connectivity index (χ4v) is 1.06. The summed E-state index contributed by atoms with van der Waals surface area (Å²) in [6.45, 7) is 2.07. The molecule has 1 N–H and O–H groups in total. The van der Waals surface area contributed by atoms with E-state index >= 15 is 0 Å². The fraction of sp³-hybridized carbons (Fsp3) is 0.400. The molecule has 0 aliphatic carbocycles. The highest BCUT2D eigenvalue weighted by Crippen LogP contribution is 2.16. The maximum atomic E-state index is 9.51. The number of rotatable bonds is 3. The molecule has 1 radical (unpaired) electrons. The summed E-state index contributed by atoms with van der Waals surface area (Å²) in [5.74, 6) is 0. The third-order valence-electron chi connectivity index (χ3n) is 1.69. The van der Waals surface area contributed by atoms with Crippen molar-refractivity contribution < 1.29 is 5.11 Å². The van der Waals surface area contributed by atoms with Crippen molar-refractivity contribution in [2.75, 3.05) is 0 Å². The lowest BCUT2D eigenvalue weighted by atomic mass is 10.1. The first-order valence-corrected chi connectivity index (χ1v) is 3.98. The molecular weight excluding hydrogens is 136 g/mol. The van der Waals surface area contributed by atoms with Crippen LogP contribution in [0.2, 0.25) is 0 Å². The Morgan fingerprint density at radius 2 is 2.09 bits per heavy atom. The molecule has 0 aliphatic rings. The first kappa shape index (κ1) is 8.28. The zero-order chi connectivity index (χ0) is 8.10. The minimum absolute atomic E-state index is 0.297. The second-order valence-electron chi connectivity index (χ2n) is 2.64. The van der Waals surface area contributed by atoms with Crippen LogP contribution in [0.25, 0.3) is 0 Å². The molecular formula is C10H13O. The third-order valence-corrected chi connectivity index (χ3v) is 1.69. The van der Waals surface area contributed by atoms with E-state index in [1.165, 1.54) is 0 Å². The topological polar surface area (TPSA) is 20.2 Å². The van der Waals surface area contributed by atoms with Crippen LogP contribution in [-0.2, 0) is 0 Å². The molecule has 0 saturated carbocycles. The summed E-state index contributed by atoms with van der Waals surface area (Å²) >= 11 is 0. The Balaban J connectivity index is 2.61. The van der Waals surface area contributed by atoms with Crippen LogP contribution in [0.5, 0.6) is 0 Å². The highest BCUT2D eigenvalue weighted by atomic mass is 16.3. The van der Waals surface area contributed by atoms with E-state index in [0.717, 1.165) is 18.4 Å². The van der Waals surface area contributed by atoms with Crippen LogP contribution in [-0.4, -0.2) is 5.11 Å². The highest BCUT2D eigenvalue weighted by Gasteiger charge is 2.03. The minimum atomic E-state index is -0.297. The Bertz CT molecular complexity index is 193. The molecule has 0 unspecified atom stereocenters. The van der Waals surface area contributed by atoms with Crippen LogP contribution < -0.4 is 0 Å². The second-order valence-corrected chi connectivity index (χ2v) is 2.64. The zero-order valence-corrected chi connectivity index (χ0v) is 6.75. The van der Waals surface area contributed by atoms with Gasteiger partial charge in [-0.1, -0.05) is 37.6 Å². The van der Waals surface area contributed by atoms with Crippen LogP contribution in [0, 0.1) is 6.07 Å². The van der Waals surface area contributed by atoms with Crippen molar-refractivity contribution in [2.45, 2.75) is 25.9 Å². The van der Waals surface area contributed by atoms with Crippen LogP contribution in [0.4, 0.5) is 0 Å². The van der Waals surface area contributed by atoms with Crippen molar-refractivity contribution in [3.63, 3.8) is 0 Å². The molecule has 1 aromatic rings. The van der Waals surface area contributed by atoms with Crippen LogP contribution in [0.15, 0.2) is 24.3 Å². The summed E-state index contributed by atoms with van der Waals surface area (Å²) in [6, 6.07) is 10.4. The van der Waals surface area contributed by atoms with Gasteiger partial charge < -0.3 is 5.11 Å². The molecule has 0 aromatic heterocycles. The fourth-order valence-electron chi connectivity index (χ4n) is 1.06. The summed E-state index contributed by atoms with van der Waals surface area (Å²) in [7, 11) is 0. The van der Waals surface area contributed by atoms with Crippen molar-refractivity contribution in [1.29, 1.82) is 0 Å². The first-order valence-electron chi connectivity index (χ1n) is 3.98. The van der Waals surface area contributed by atoms with Crippen molar-refractivity contribution in [3.05, 3.63) is 35.9 Å².